The van der Waals surface area contributed by atoms with Gasteiger partial charge in [-0.15, -0.1) is 0 Å². The van der Waals surface area contributed by atoms with Gasteiger partial charge in [0.2, 0.25) is 0 Å². The lowest BCUT2D eigenvalue weighted by molar-refractivity contribution is -0.135. The number of carbonyl (C=O) groups is 2. The maximum absolute atomic E-state index is 13.6. The summed E-state index contributed by atoms with van der Waals surface area (Å²) in [5.41, 5.74) is 4.79. The van der Waals surface area contributed by atoms with Crippen molar-refractivity contribution < 1.29 is 14.7 Å². The van der Waals surface area contributed by atoms with Crippen LogP contribution in [0.1, 0.15) is 50.2 Å². The van der Waals surface area contributed by atoms with Crippen LogP contribution < -0.4 is 4.90 Å². The Labute approximate surface area is 203 Å². The lowest BCUT2D eigenvalue weighted by Crippen LogP contribution is -2.42. The number of rotatable bonds is 6. The van der Waals surface area contributed by atoms with Crippen molar-refractivity contribution >= 4 is 33.3 Å². The second-order valence-corrected chi connectivity index (χ2v) is 9.87. The minimum atomic E-state index is -1.90. The molecule has 1 aliphatic rings. The summed E-state index contributed by atoms with van der Waals surface area (Å²) in [5.74, 6) is -0.664. The summed E-state index contributed by atoms with van der Waals surface area (Å²) in [6.07, 6.45) is 0.364. The molecule has 5 heteroatoms. The van der Waals surface area contributed by atoms with Crippen LogP contribution in [0.15, 0.2) is 59.1 Å². The third-order valence-corrected chi connectivity index (χ3v) is 7.32. The number of hydrogen-bond acceptors (Lipinski definition) is 3. The number of amides is 1. The number of hydrogen-bond donors (Lipinski definition) is 1. The molecule has 1 aliphatic heterocycles. The van der Waals surface area contributed by atoms with Crippen LogP contribution in [0, 0.1) is 27.7 Å². The van der Waals surface area contributed by atoms with Crippen LogP contribution in [-0.4, -0.2) is 23.3 Å². The second kappa shape index (κ2) is 8.88. The Morgan fingerprint density at radius 1 is 0.970 bits per heavy atom. The third-order valence-electron chi connectivity index (χ3n) is 6.82. The normalized spacial score (nSPS) is 17.4. The van der Waals surface area contributed by atoms with Crippen molar-refractivity contribution in [2.75, 3.05) is 11.4 Å². The summed E-state index contributed by atoms with van der Waals surface area (Å²) in [4.78, 5) is 28.7. The number of aliphatic hydroxyl groups is 1. The fourth-order valence-corrected chi connectivity index (χ4v) is 5.12. The van der Waals surface area contributed by atoms with Gasteiger partial charge >= 0.3 is 0 Å². The standard InChI is InChI=1S/C28H28BrNO3/c1-17-14-18(2)20(4)26(19(17)3)25(31)16-28(33)23-15-22(29)10-11-24(23)30(27(28)32)13-12-21-8-6-5-7-9-21/h5-11,14-15,33H,12-13,16H2,1-4H3. The van der Waals surface area contributed by atoms with Crippen LogP contribution in [0.4, 0.5) is 5.69 Å². The average molecular weight is 506 g/mol. The Morgan fingerprint density at radius 3 is 2.24 bits per heavy atom. The number of carbonyl (C=O) groups excluding carboxylic acids is 2. The van der Waals surface area contributed by atoms with Crippen molar-refractivity contribution in [1.29, 1.82) is 0 Å². The van der Waals surface area contributed by atoms with Crippen LogP contribution in [-0.2, 0) is 16.8 Å². The summed E-state index contributed by atoms with van der Waals surface area (Å²) < 4.78 is 0.753. The first-order valence-electron chi connectivity index (χ1n) is 11.1. The van der Waals surface area contributed by atoms with E-state index in [1.807, 2.05) is 70.2 Å². The molecule has 0 spiro atoms. The molecule has 3 aromatic rings. The maximum Gasteiger partial charge on any atom is 0.264 e. The molecule has 0 fully saturated rings. The van der Waals surface area contributed by atoms with Crippen LogP contribution in [0.2, 0.25) is 0 Å². The van der Waals surface area contributed by atoms with Gasteiger partial charge in [0.1, 0.15) is 0 Å². The van der Waals surface area contributed by atoms with Crippen LogP contribution in [0.3, 0.4) is 0 Å². The van der Waals surface area contributed by atoms with E-state index >= 15 is 0 Å². The van der Waals surface area contributed by atoms with Crippen molar-refractivity contribution in [3.63, 3.8) is 0 Å². The van der Waals surface area contributed by atoms with Crippen LogP contribution in [0.25, 0.3) is 0 Å². The summed E-state index contributed by atoms with van der Waals surface area (Å²) in [6, 6.07) is 17.4. The Morgan fingerprint density at radius 2 is 1.61 bits per heavy atom. The monoisotopic (exact) mass is 505 g/mol. The van der Waals surface area contributed by atoms with Crippen LogP contribution >= 0.6 is 15.9 Å². The minimum absolute atomic E-state index is 0.219. The third kappa shape index (κ3) is 4.16. The van der Waals surface area contributed by atoms with E-state index in [0.29, 0.717) is 29.8 Å². The number of ketones is 1. The predicted octanol–water partition coefficient (Wildman–Crippen LogP) is 5.73. The summed E-state index contributed by atoms with van der Waals surface area (Å²) >= 11 is 3.46. The van der Waals surface area contributed by atoms with Gasteiger partial charge in [-0.1, -0.05) is 52.3 Å². The lowest BCUT2D eigenvalue weighted by Gasteiger charge is -2.24. The maximum atomic E-state index is 13.6. The van der Waals surface area contributed by atoms with Gasteiger partial charge in [-0.05, 0) is 80.1 Å². The molecule has 1 unspecified atom stereocenters. The molecule has 0 aromatic heterocycles. The van der Waals surface area contributed by atoms with Gasteiger partial charge < -0.3 is 10.0 Å². The van der Waals surface area contributed by atoms with E-state index in [2.05, 4.69) is 22.0 Å². The Hall–Kier alpha value is -2.76. The molecule has 1 atom stereocenters. The Bertz CT molecular complexity index is 1230. The van der Waals surface area contributed by atoms with Crippen molar-refractivity contribution in [2.45, 2.75) is 46.1 Å². The molecule has 1 N–H and O–H groups in total. The fourth-order valence-electron chi connectivity index (χ4n) is 4.76. The number of aryl methyl sites for hydroxylation is 2. The molecule has 0 bridgehead atoms. The highest BCUT2D eigenvalue weighted by Crippen LogP contribution is 2.44. The van der Waals surface area contributed by atoms with Crippen molar-refractivity contribution in [2.24, 2.45) is 0 Å². The van der Waals surface area contributed by atoms with Gasteiger partial charge in [-0.3, -0.25) is 9.59 Å². The summed E-state index contributed by atoms with van der Waals surface area (Å²) in [7, 11) is 0. The first kappa shape index (κ1) is 23.4. The highest BCUT2D eigenvalue weighted by Gasteiger charge is 2.51. The fraction of sp³-hybridized carbons (Fsp3) is 0.286. The minimum Gasteiger partial charge on any atom is -0.375 e. The molecular formula is C28H28BrNO3. The molecule has 33 heavy (non-hydrogen) atoms. The second-order valence-electron chi connectivity index (χ2n) is 8.95. The number of nitrogens with zero attached hydrogens (tertiary/aromatic N) is 1. The predicted molar refractivity (Wildman–Crippen MR) is 135 cm³/mol. The molecule has 4 nitrogen and oxygen atoms in total. The SMILES string of the molecule is Cc1cc(C)c(C)c(C(=O)CC2(O)C(=O)N(CCc3ccccc3)c3ccc(Br)cc32)c1C. The molecule has 1 heterocycles. The number of benzene rings is 3. The van der Waals surface area contributed by atoms with E-state index in [0.717, 1.165) is 32.3 Å². The van der Waals surface area contributed by atoms with Gasteiger partial charge in [0, 0.05) is 22.1 Å². The topological polar surface area (TPSA) is 57.6 Å². The van der Waals surface area contributed by atoms with Gasteiger partial charge in [-0.25, -0.2) is 0 Å². The van der Waals surface area contributed by atoms with Gasteiger partial charge in [0.15, 0.2) is 11.4 Å². The number of anilines is 1. The van der Waals surface area contributed by atoms with E-state index in [9.17, 15) is 14.7 Å². The van der Waals surface area contributed by atoms with Gasteiger partial charge in [0.25, 0.3) is 5.91 Å². The van der Waals surface area contributed by atoms with E-state index in [1.54, 1.807) is 11.0 Å². The number of halogens is 1. The molecule has 4 rings (SSSR count). The zero-order valence-electron chi connectivity index (χ0n) is 19.4. The molecule has 0 saturated heterocycles. The number of fused-ring (bicyclic) bond motifs is 1. The smallest absolute Gasteiger partial charge is 0.264 e. The highest BCUT2D eigenvalue weighted by atomic mass is 79.9. The Balaban J connectivity index is 1.70. The van der Waals surface area contributed by atoms with Crippen molar-refractivity contribution in [3.8, 4) is 0 Å². The molecule has 0 aliphatic carbocycles. The van der Waals surface area contributed by atoms with Crippen molar-refractivity contribution in [3.05, 3.63) is 98.0 Å². The molecule has 3 aromatic carbocycles. The first-order chi connectivity index (χ1) is 15.6. The quantitative estimate of drug-likeness (QED) is 0.435. The highest BCUT2D eigenvalue weighted by molar-refractivity contribution is 9.10. The van der Waals surface area contributed by atoms with E-state index in [-0.39, 0.29) is 12.2 Å². The Kier molecular flexibility index (Phi) is 6.30. The summed E-state index contributed by atoms with van der Waals surface area (Å²) in [5, 5.41) is 11.7. The zero-order valence-corrected chi connectivity index (χ0v) is 21.0. The van der Waals surface area contributed by atoms with E-state index in [1.165, 1.54) is 0 Å². The van der Waals surface area contributed by atoms with E-state index < -0.39 is 11.5 Å². The van der Waals surface area contributed by atoms with E-state index in [4.69, 9.17) is 0 Å². The largest absolute Gasteiger partial charge is 0.375 e. The zero-order chi connectivity index (χ0) is 23.9. The molecule has 0 saturated carbocycles. The first-order valence-corrected chi connectivity index (χ1v) is 11.9. The summed E-state index contributed by atoms with van der Waals surface area (Å²) in [6.45, 7) is 8.23. The lowest BCUT2D eigenvalue weighted by atomic mass is 9.84. The molecule has 170 valence electrons. The van der Waals surface area contributed by atoms with Crippen molar-refractivity contribution in [1.82, 2.24) is 0 Å². The number of Topliss-reactive ketones (excluding diaryl/α,β-unsaturated/α-hetero) is 1. The molecule has 1 amide bonds. The molecular weight excluding hydrogens is 478 g/mol. The van der Waals surface area contributed by atoms with Gasteiger partial charge in [0.05, 0.1) is 12.1 Å². The molecule has 0 radical (unpaired) electrons. The van der Waals surface area contributed by atoms with Gasteiger partial charge in [-0.2, -0.15) is 0 Å². The van der Waals surface area contributed by atoms with Crippen LogP contribution in [0.5, 0.6) is 0 Å². The average Bonchev–Trinajstić information content (AvgIpc) is 2.98.